The second-order valence-electron chi connectivity index (χ2n) is 6.49. The zero-order valence-corrected chi connectivity index (χ0v) is 15.1. The van der Waals surface area contributed by atoms with Crippen LogP contribution in [0.15, 0.2) is 40.0 Å². The standard InChI is InChI=1S/C17H19N3O5S/c1-12-2-5-17(21)20(18-12)11-13-9-19(10-13)26(22,23)14-3-4-15-16(8-14)25-7-6-24-15/h2-5,8,13H,6-7,9-11H2,1H3. The summed E-state index contributed by atoms with van der Waals surface area (Å²) in [5, 5.41) is 4.19. The highest BCUT2D eigenvalue weighted by Crippen LogP contribution is 2.34. The average Bonchev–Trinajstić information content (AvgIpc) is 2.60. The lowest BCUT2D eigenvalue weighted by Crippen LogP contribution is -2.52. The molecule has 0 bridgehead atoms. The van der Waals surface area contributed by atoms with E-state index in [0.29, 0.717) is 44.3 Å². The number of ether oxygens (including phenoxy) is 2. The first-order chi connectivity index (χ1) is 12.4. The summed E-state index contributed by atoms with van der Waals surface area (Å²) < 4.78 is 39.2. The lowest BCUT2D eigenvalue weighted by Gasteiger charge is -2.38. The van der Waals surface area contributed by atoms with Crippen LogP contribution in [0.25, 0.3) is 0 Å². The minimum absolute atomic E-state index is 0.0639. The number of hydrogen-bond donors (Lipinski definition) is 0. The molecule has 0 N–H and O–H groups in total. The Morgan fingerprint density at radius 1 is 1.12 bits per heavy atom. The fraction of sp³-hybridized carbons (Fsp3) is 0.412. The van der Waals surface area contributed by atoms with Gasteiger partial charge >= 0.3 is 0 Å². The highest BCUT2D eigenvalue weighted by atomic mass is 32.2. The number of nitrogens with zero attached hydrogens (tertiary/aromatic N) is 3. The Hall–Kier alpha value is -2.39. The van der Waals surface area contributed by atoms with E-state index < -0.39 is 10.0 Å². The first kappa shape index (κ1) is 17.0. The summed E-state index contributed by atoms with van der Waals surface area (Å²) in [6.07, 6.45) is 0. The van der Waals surface area contributed by atoms with Crippen molar-refractivity contribution in [3.8, 4) is 11.5 Å². The number of aryl methyl sites for hydroxylation is 1. The molecule has 3 heterocycles. The average molecular weight is 377 g/mol. The molecule has 0 saturated carbocycles. The Bertz CT molecular complexity index is 996. The number of fused-ring (bicyclic) bond motifs is 1. The maximum absolute atomic E-state index is 12.8. The van der Waals surface area contributed by atoms with E-state index in [9.17, 15) is 13.2 Å². The Morgan fingerprint density at radius 3 is 2.62 bits per heavy atom. The van der Waals surface area contributed by atoms with Crippen LogP contribution in [-0.4, -0.2) is 48.8 Å². The Balaban J connectivity index is 1.46. The van der Waals surface area contributed by atoms with Gasteiger partial charge in [-0.05, 0) is 25.1 Å². The van der Waals surface area contributed by atoms with Gasteiger partial charge in [-0.2, -0.15) is 9.40 Å². The van der Waals surface area contributed by atoms with Gasteiger partial charge in [0.25, 0.3) is 5.56 Å². The number of aromatic nitrogens is 2. The van der Waals surface area contributed by atoms with Crippen LogP contribution in [0.3, 0.4) is 0 Å². The molecule has 4 rings (SSSR count). The molecule has 8 nitrogen and oxygen atoms in total. The van der Waals surface area contributed by atoms with E-state index in [-0.39, 0.29) is 16.4 Å². The van der Waals surface area contributed by atoms with Crippen LogP contribution >= 0.6 is 0 Å². The molecule has 1 aromatic carbocycles. The molecule has 26 heavy (non-hydrogen) atoms. The lowest BCUT2D eigenvalue weighted by atomic mass is 10.0. The Labute approximate surface area is 151 Å². The summed E-state index contributed by atoms with van der Waals surface area (Å²) in [5.41, 5.74) is 0.577. The highest BCUT2D eigenvalue weighted by molar-refractivity contribution is 7.89. The van der Waals surface area contributed by atoms with Crippen LogP contribution in [0.2, 0.25) is 0 Å². The first-order valence-corrected chi connectivity index (χ1v) is 9.82. The molecule has 1 fully saturated rings. The van der Waals surface area contributed by atoms with Crippen molar-refractivity contribution in [3.63, 3.8) is 0 Å². The van der Waals surface area contributed by atoms with Crippen LogP contribution in [0.4, 0.5) is 0 Å². The fourth-order valence-electron chi connectivity index (χ4n) is 3.09. The number of benzene rings is 1. The number of rotatable bonds is 4. The van der Waals surface area contributed by atoms with Gasteiger partial charge in [-0.1, -0.05) is 0 Å². The van der Waals surface area contributed by atoms with Gasteiger partial charge in [0.1, 0.15) is 13.2 Å². The van der Waals surface area contributed by atoms with Crippen LogP contribution in [0.5, 0.6) is 11.5 Å². The van der Waals surface area contributed by atoms with Crippen molar-refractivity contribution in [2.75, 3.05) is 26.3 Å². The molecule has 2 aromatic rings. The van der Waals surface area contributed by atoms with Crippen LogP contribution in [0.1, 0.15) is 5.69 Å². The van der Waals surface area contributed by atoms with Crippen molar-refractivity contribution in [1.29, 1.82) is 0 Å². The van der Waals surface area contributed by atoms with Crippen molar-refractivity contribution in [2.24, 2.45) is 5.92 Å². The van der Waals surface area contributed by atoms with Crippen LogP contribution < -0.4 is 15.0 Å². The molecule has 0 radical (unpaired) electrons. The van der Waals surface area contributed by atoms with Gasteiger partial charge in [0, 0.05) is 31.1 Å². The van der Waals surface area contributed by atoms with E-state index in [1.165, 1.54) is 27.2 Å². The maximum Gasteiger partial charge on any atom is 0.266 e. The predicted molar refractivity (Wildman–Crippen MR) is 92.9 cm³/mol. The van der Waals surface area contributed by atoms with Gasteiger partial charge in [-0.15, -0.1) is 0 Å². The molecule has 0 unspecified atom stereocenters. The third-order valence-electron chi connectivity index (χ3n) is 4.51. The fourth-order valence-corrected chi connectivity index (χ4v) is 4.70. The zero-order valence-electron chi connectivity index (χ0n) is 14.3. The monoisotopic (exact) mass is 377 g/mol. The maximum atomic E-state index is 12.8. The van der Waals surface area contributed by atoms with Gasteiger partial charge in [0.05, 0.1) is 17.1 Å². The van der Waals surface area contributed by atoms with Crippen molar-refractivity contribution in [1.82, 2.24) is 14.1 Å². The van der Waals surface area contributed by atoms with E-state index in [0.717, 1.165) is 5.69 Å². The molecule has 9 heteroatoms. The normalized spacial score (nSPS) is 17.7. The van der Waals surface area contributed by atoms with E-state index in [1.54, 1.807) is 12.1 Å². The van der Waals surface area contributed by atoms with Gasteiger partial charge in [-0.3, -0.25) is 4.79 Å². The smallest absolute Gasteiger partial charge is 0.266 e. The summed E-state index contributed by atoms with van der Waals surface area (Å²) in [5.74, 6) is 1.07. The highest BCUT2D eigenvalue weighted by Gasteiger charge is 2.37. The molecule has 0 spiro atoms. The molecular weight excluding hydrogens is 358 g/mol. The zero-order chi connectivity index (χ0) is 18.3. The third kappa shape index (κ3) is 3.08. The van der Waals surface area contributed by atoms with Crippen LogP contribution in [0, 0.1) is 12.8 Å². The van der Waals surface area contributed by atoms with Gasteiger partial charge in [0.2, 0.25) is 10.0 Å². The number of sulfonamides is 1. The molecule has 2 aliphatic heterocycles. The second kappa shape index (κ2) is 6.40. The first-order valence-electron chi connectivity index (χ1n) is 8.38. The second-order valence-corrected chi connectivity index (χ2v) is 8.43. The van der Waals surface area contributed by atoms with Crippen molar-refractivity contribution in [2.45, 2.75) is 18.4 Å². The van der Waals surface area contributed by atoms with Crippen molar-refractivity contribution in [3.05, 3.63) is 46.4 Å². The molecular formula is C17H19N3O5S. The third-order valence-corrected chi connectivity index (χ3v) is 6.33. The summed E-state index contributed by atoms with van der Waals surface area (Å²) in [6.45, 7) is 3.81. The number of hydrogen-bond acceptors (Lipinski definition) is 6. The summed E-state index contributed by atoms with van der Waals surface area (Å²) in [4.78, 5) is 12.0. The quantitative estimate of drug-likeness (QED) is 0.777. The predicted octanol–water partition coefficient (Wildman–Crippen LogP) is 0.644. The summed E-state index contributed by atoms with van der Waals surface area (Å²) in [7, 11) is -3.59. The molecule has 0 aliphatic carbocycles. The molecule has 0 amide bonds. The SMILES string of the molecule is Cc1ccc(=O)n(CC2CN(S(=O)(=O)c3ccc4c(c3)OCCO4)C2)n1. The molecule has 1 aromatic heterocycles. The Kier molecular flexibility index (Phi) is 4.20. The minimum atomic E-state index is -3.59. The van der Waals surface area contributed by atoms with E-state index >= 15 is 0 Å². The van der Waals surface area contributed by atoms with Gasteiger partial charge in [0.15, 0.2) is 11.5 Å². The van der Waals surface area contributed by atoms with Crippen LogP contribution in [-0.2, 0) is 16.6 Å². The molecule has 2 aliphatic rings. The van der Waals surface area contributed by atoms with Gasteiger partial charge < -0.3 is 9.47 Å². The summed E-state index contributed by atoms with van der Waals surface area (Å²) >= 11 is 0. The van der Waals surface area contributed by atoms with E-state index in [1.807, 2.05) is 6.92 Å². The van der Waals surface area contributed by atoms with Crippen molar-refractivity contribution >= 4 is 10.0 Å². The molecule has 0 atom stereocenters. The minimum Gasteiger partial charge on any atom is -0.486 e. The summed E-state index contributed by atoms with van der Waals surface area (Å²) in [6, 6.07) is 7.80. The molecule has 138 valence electrons. The lowest BCUT2D eigenvalue weighted by molar-refractivity contribution is 0.169. The topological polar surface area (TPSA) is 90.7 Å². The van der Waals surface area contributed by atoms with Gasteiger partial charge in [-0.25, -0.2) is 13.1 Å². The molecule has 1 saturated heterocycles. The van der Waals surface area contributed by atoms with Crippen molar-refractivity contribution < 1.29 is 17.9 Å². The van der Waals surface area contributed by atoms with E-state index in [4.69, 9.17) is 9.47 Å². The largest absolute Gasteiger partial charge is 0.486 e. The van der Waals surface area contributed by atoms with E-state index in [2.05, 4.69) is 5.10 Å². The Morgan fingerprint density at radius 2 is 1.85 bits per heavy atom.